The number of carbonyl (C=O) groups excluding carboxylic acids is 1. The summed E-state index contributed by atoms with van der Waals surface area (Å²) in [6.07, 6.45) is 15.8. The molecule has 0 aliphatic rings. The van der Waals surface area contributed by atoms with Gasteiger partial charge in [-0.25, -0.2) is 4.79 Å². The van der Waals surface area contributed by atoms with Crippen molar-refractivity contribution in [2.45, 2.75) is 93.4 Å². The lowest BCUT2D eigenvalue weighted by Gasteiger charge is -2.05. The molecular formula is C19H34Br2O2Si. The molecule has 0 aromatic heterocycles. The Morgan fingerprint density at radius 2 is 1.29 bits per heavy atom. The Morgan fingerprint density at radius 1 is 0.875 bits per heavy atom. The predicted octanol–water partition coefficient (Wildman–Crippen LogP) is 6.98. The van der Waals surface area contributed by atoms with Gasteiger partial charge in [0.25, 0.3) is 0 Å². The molecule has 0 aliphatic carbocycles. The third-order valence-corrected chi connectivity index (χ3v) is 6.84. The van der Waals surface area contributed by atoms with Crippen LogP contribution in [-0.2, 0) is 9.53 Å². The Bertz CT molecular complexity index is 322. The van der Waals surface area contributed by atoms with Crippen LogP contribution in [0.1, 0.15) is 84.0 Å². The average molecular weight is 482 g/mol. The lowest BCUT2D eigenvalue weighted by atomic mass is 10.1. The van der Waals surface area contributed by atoms with E-state index in [4.69, 9.17) is 4.74 Å². The Morgan fingerprint density at radius 3 is 1.71 bits per heavy atom. The van der Waals surface area contributed by atoms with Crippen LogP contribution in [0, 0.1) is 0 Å². The number of carbonyl (C=O) groups is 1. The van der Waals surface area contributed by atoms with Crippen molar-refractivity contribution < 1.29 is 9.53 Å². The SMILES string of the molecule is C=C(C)C(=O)OCCCCCCCCCCCCCC[Si]C(Br)Br. The fourth-order valence-electron chi connectivity index (χ4n) is 2.49. The maximum atomic E-state index is 11.2. The van der Waals surface area contributed by atoms with Crippen molar-refractivity contribution in [1.29, 1.82) is 0 Å². The van der Waals surface area contributed by atoms with Gasteiger partial charge in [-0.1, -0.05) is 115 Å². The van der Waals surface area contributed by atoms with Gasteiger partial charge >= 0.3 is 5.97 Å². The molecule has 2 radical (unpaired) electrons. The average Bonchev–Trinajstić information content (AvgIpc) is 2.53. The van der Waals surface area contributed by atoms with Crippen LogP contribution >= 0.6 is 31.9 Å². The minimum Gasteiger partial charge on any atom is -0.462 e. The molecule has 0 rings (SSSR count). The molecule has 0 atom stereocenters. The van der Waals surface area contributed by atoms with E-state index >= 15 is 0 Å². The Labute approximate surface area is 168 Å². The van der Waals surface area contributed by atoms with E-state index in [1.165, 1.54) is 70.3 Å². The second-order valence-electron chi connectivity index (χ2n) is 6.41. The van der Waals surface area contributed by atoms with Crippen LogP contribution in [0.4, 0.5) is 0 Å². The van der Waals surface area contributed by atoms with Crippen LogP contribution in [0.5, 0.6) is 0 Å². The number of rotatable bonds is 17. The summed E-state index contributed by atoms with van der Waals surface area (Å²) in [5.74, 6) is -0.258. The number of esters is 1. The molecule has 24 heavy (non-hydrogen) atoms. The number of halogens is 2. The number of hydrogen-bond acceptors (Lipinski definition) is 2. The molecular weight excluding hydrogens is 448 g/mol. The normalized spacial score (nSPS) is 11.0. The first-order valence-electron chi connectivity index (χ1n) is 9.38. The zero-order chi connectivity index (χ0) is 18.0. The molecule has 0 spiro atoms. The summed E-state index contributed by atoms with van der Waals surface area (Å²) in [4.78, 5) is 11.2. The summed E-state index contributed by atoms with van der Waals surface area (Å²) < 4.78 is 5.60. The number of alkyl halides is 2. The minimum absolute atomic E-state index is 0.258. The van der Waals surface area contributed by atoms with Gasteiger partial charge in [-0.05, 0) is 13.3 Å². The number of ether oxygens (including phenoxy) is 1. The third-order valence-electron chi connectivity index (χ3n) is 3.95. The first-order chi connectivity index (χ1) is 11.5. The third kappa shape index (κ3) is 18.7. The van der Waals surface area contributed by atoms with Gasteiger partial charge in [-0.15, -0.1) is 0 Å². The van der Waals surface area contributed by atoms with E-state index in [9.17, 15) is 4.79 Å². The molecule has 140 valence electrons. The quantitative estimate of drug-likeness (QED) is 0.0735. The summed E-state index contributed by atoms with van der Waals surface area (Å²) >= 11 is 7.07. The maximum absolute atomic E-state index is 11.2. The minimum atomic E-state index is -0.258. The van der Waals surface area contributed by atoms with E-state index in [0.717, 1.165) is 22.4 Å². The largest absolute Gasteiger partial charge is 0.462 e. The molecule has 0 fully saturated rings. The topological polar surface area (TPSA) is 26.3 Å². The van der Waals surface area contributed by atoms with Crippen molar-refractivity contribution in [2.75, 3.05) is 6.61 Å². The van der Waals surface area contributed by atoms with Gasteiger partial charge in [0.2, 0.25) is 0 Å². The highest BCUT2D eigenvalue weighted by Gasteiger charge is 2.02. The highest BCUT2D eigenvalue weighted by Crippen LogP contribution is 2.14. The van der Waals surface area contributed by atoms with Gasteiger partial charge in [0, 0.05) is 5.57 Å². The van der Waals surface area contributed by atoms with Crippen molar-refractivity contribution in [2.24, 2.45) is 0 Å². The van der Waals surface area contributed by atoms with Gasteiger partial charge < -0.3 is 4.74 Å². The van der Waals surface area contributed by atoms with Crippen molar-refractivity contribution in [3.05, 3.63) is 12.2 Å². The molecule has 0 N–H and O–H groups in total. The predicted molar refractivity (Wildman–Crippen MR) is 113 cm³/mol. The van der Waals surface area contributed by atoms with Crippen LogP contribution in [0.2, 0.25) is 6.04 Å². The highest BCUT2D eigenvalue weighted by atomic mass is 79.9. The first-order valence-corrected chi connectivity index (χ1v) is 12.5. The van der Waals surface area contributed by atoms with E-state index in [1.54, 1.807) is 6.92 Å². The molecule has 5 heteroatoms. The van der Waals surface area contributed by atoms with E-state index in [1.807, 2.05) is 0 Å². The van der Waals surface area contributed by atoms with E-state index in [0.29, 0.717) is 15.5 Å². The molecule has 0 aromatic rings. The first kappa shape index (κ1) is 24.4. The van der Waals surface area contributed by atoms with Crippen molar-refractivity contribution in [3.8, 4) is 0 Å². The number of hydrogen-bond donors (Lipinski definition) is 0. The van der Waals surface area contributed by atoms with Gasteiger partial charge in [0.1, 0.15) is 0 Å². The van der Waals surface area contributed by atoms with Crippen molar-refractivity contribution in [3.63, 3.8) is 0 Å². The Hall–Kier alpha value is 0.387. The van der Waals surface area contributed by atoms with E-state index in [-0.39, 0.29) is 5.97 Å². The second-order valence-corrected chi connectivity index (χ2v) is 12.6. The molecule has 0 heterocycles. The molecule has 2 nitrogen and oxygen atoms in total. The van der Waals surface area contributed by atoms with Crippen molar-refractivity contribution in [1.82, 2.24) is 0 Å². The smallest absolute Gasteiger partial charge is 0.333 e. The summed E-state index contributed by atoms with van der Waals surface area (Å²) in [5, 5.41) is 0. The van der Waals surface area contributed by atoms with E-state index < -0.39 is 0 Å². The summed E-state index contributed by atoms with van der Waals surface area (Å²) in [7, 11) is 1.00. The molecule has 0 aromatic carbocycles. The molecule has 0 saturated carbocycles. The Balaban J connectivity index is 3.08. The van der Waals surface area contributed by atoms with Crippen LogP contribution < -0.4 is 0 Å². The summed E-state index contributed by atoms with van der Waals surface area (Å²) in [6, 6.07) is 1.35. The van der Waals surface area contributed by atoms with Gasteiger partial charge in [0.05, 0.1) is 19.5 Å². The van der Waals surface area contributed by atoms with Gasteiger partial charge in [-0.2, -0.15) is 0 Å². The van der Waals surface area contributed by atoms with Gasteiger partial charge in [0.15, 0.2) is 0 Å². The molecule has 0 unspecified atom stereocenters. The number of unbranched alkanes of at least 4 members (excludes halogenated alkanes) is 11. The monoisotopic (exact) mass is 480 g/mol. The zero-order valence-corrected chi connectivity index (χ0v) is 19.4. The van der Waals surface area contributed by atoms with Gasteiger partial charge in [-0.3, -0.25) is 0 Å². The fourth-order valence-corrected chi connectivity index (χ4v) is 4.54. The van der Waals surface area contributed by atoms with Crippen LogP contribution in [0.3, 0.4) is 0 Å². The second kappa shape index (κ2) is 18.2. The Kier molecular flexibility index (Phi) is 18.5. The highest BCUT2D eigenvalue weighted by molar-refractivity contribution is 9.25. The lowest BCUT2D eigenvalue weighted by Crippen LogP contribution is -2.05. The molecule has 0 saturated heterocycles. The summed E-state index contributed by atoms with van der Waals surface area (Å²) in [5.41, 5.74) is 0.488. The standard InChI is InChI=1S/C19H34Br2O2Si/c1-17(2)18(22)23-15-13-11-9-7-5-3-4-6-8-10-12-14-16-24-19(20)21/h19H,1,3-16H2,2H3. The van der Waals surface area contributed by atoms with Crippen LogP contribution in [-0.4, -0.2) is 25.5 Å². The lowest BCUT2D eigenvalue weighted by molar-refractivity contribution is -0.139. The van der Waals surface area contributed by atoms with E-state index in [2.05, 4.69) is 38.4 Å². The van der Waals surface area contributed by atoms with Crippen LogP contribution in [0.25, 0.3) is 0 Å². The molecule has 0 amide bonds. The maximum Gasteiger partial charge on any atom is 0.333 e. The molecule has 0 aliphatic heterocycles. The van der Waals surface area contributed by atoms with Crippen molar-refractivity contribution >= 4 is 47.3 Å². The zero-order valence-electron chi connectivity index (χ0n) is 15.3. The molecule has 0 bridgehead atoms. The fraction of sp³-hybridized carbons (Fsp3) is 0.842. The summed E-state index contributed by atoms with van der Waals surface area (Å²) in [6.45, 7) is 5.80. The van der Waals surface area contributed by atoms with Crippen LogP contribution in [0.15, 0.2) is 12.2 Å².